The summed E-state index contributed by atoms with van der Waals surface area (Å²) in [5.74, 6) is -2.58. The van der Waals surface area contributed by atoms with Gasteiger partial charge in [-0.2, -0.15) is 0 Å². The van der Waals surface area contributed by atoms with Crippen molar-refractivity contribution >= 4 is 34.9 Å². The van der Waals surface area contributed by atoms with Crippen LogP contribution in [0, 0.1) is 5.82 Å². The van der Waals surface area contributed by atoms with Gasteiger partial charge in [0, 0.05) is 24.2 Å². The van der Waals surface area contributed by atoms with E-state index in [1.807, 2.05) is 30.3 Å². The summed E-state index contributed by atoms with van der Waals surface area (Å²) in [6, 6.07) is 12.3. The topological polar surface area (TPSA) is 179 Å². The van der Waals surface area contributed by atoms with E-state index >= 15 is 0 Å². The first-order chi connectivity index (χ1) is 20.9. The number of nitrogens with zero attached hydrogens (tertiary/aromatic N) is 4. The van der Waals surface area contributed by atoms with Crippen LogP contribution in [0.1, 0.15) is 40.9 Å². The zero-order valence-electron chi connectivity index (χ0n) is 22.6. The van der Waals surface area contributed by atoms with Gasteiger partial charge in [-0.1, -0.05) is 36.4 Å². The van der Waals surface area contributed by atoms with Crippen molar-refractivity contribution in [2.75, 3.05) is 11.9 Å². The second kappa shape index (κ2) is 11.7. The number of amides is 3. The molecule has 4 aromatic rings. The lowest BCUT2D eigenvalue weighted by Gasteiger charge is -2.21. The van der Waals surface area contributed by atoms with Gasteiger partial charge in [0.05, 0.1) is 11.9 Å². The molecule has 14 nitrogen and oxygen atoms in total. The number of hydrogen-bond donors (Lipinski definition) is 4. The summed E-state index contributed by atoms with van der Waals surface area (Å²) in [7, 11) is 0. The number of ether oxygens (including phenoxy) is 3. The molecule has 0 bridgehead atoms. The van der Waals surface area contributed by atoms with Gasteiger partial charge in [0.25, 0.3) is 5.91 Å². The monoisotopic (exact) mass is 591 g/mol. The fourth-order valence-electron chi connectivity index (χ4n) is 5.11. The van der Waals surface area contributed by atoms with Gasteiger partial charge in [-0.25, -0.2) is 28.9 Å². The molecule has 2 aromatic heterocycles. The number of hydrogen-bond acceptors (Lipinski definition) is 9. The maximum Gasteiger partial charge on any atom is 0.336 e. The molecule has 5 atom stereocenters. The SMILES string of the molecule is CCNC(=O)Nc1ncnc2c1ncn2C1OC(C(=O)NCc2c(F)cccc2C(=O)O)C2O[C@H](c3ccccc3)OC21. The van der Waals surface area contributed by atoms with Crippen LogP contribution in [0.25, 0.3) is 11.2 Å². The van der Waals surface area contributed by atoms with Crippen LogP contribution in [0.2, 0.25) is 0 Å². The van der Waals surface area contributed by atoms with Crippen LogP contribution in [-0.2, 0) is 25.5 Å². The van der Waals surface area contributed by atoms with Crippen LogP contribution < -0.4 is 16.0 Å². The Labute approximate surface area is 243 Å². The standard InChI is InChI=1S/C28H26FN7O7/c1-2-30-28(40)35-22-18-23(33-12-32-22)36(13-34-18)25-21-19(42-27(43-21)14-7-4-3-5-8-14)20(41-25)24(37)31-11-16-15(26(38)39)9-6-10-17(16)29/h3-10,12-13,19-21,25,27H,2,11H2,1H3,(H,31,37)(H,38,39)(H2,30,32,33,35,40)/t19?,20?,21?,25?,27-/m0/s1. The Kier molecular flexibility index (Phi) is 7.67. The van der Waals surface area contributed by atoms with Crippen molar-refractivity contribution in [2.24, 2.45) is 0 Å². The highest BCUT2D eigenvalue weighted by atomic mass is 19.1. The molecule has 4 unspecified atom stereocenters. The number of imidazole rings is 1. The number of rotatable bonds is 8. The van der Waals surface area contributed by atoms with E-state index in [4.69, 9.17) is 14.2 Å². The van der Waals surface area contributed by atoms with E-state index in [0.717, 1.165) is 11.6 Å². The molecular weight excluding hydrogens is 565 g/mol. The van der Waals surface area contributed by atoms with Crippen LogP contribution in [0.4, 0.5) is 15.0 Å². The third-order valence-electron chi connectivity index (χ3n) is 7.07. The van der Waals surface area contributed by atoms with E-state index in [-0.39, 0.29) is 22.5 Å². The molecule has 4 heterocycles. The molecule has 15 heteroatoms. The van der Waals surface area contributed by atoms with Crippen LogP contribution in [-0.4, -0.2) is 67.4 Å². The molecule has 2 aliphatic heterocycles. The molecular formula is C28H26FN7O7. The Morgan fingerprint density at radius 1 is 0.977 bits per heavy atom. The van der Waals surface area contributed by atoms with Gasteiger partial charge in [0.2, 0.25) is 0 Å². The number of carbonyl (C=O) groups is 3. The Morgan fingerprint density at radius 2 is 1.77 bits per heavy atom. The average molecular weight is 592 g/mol. The minimum absolute atomic E-state index is 0.170. The smallest absolute Gasteiger partial charge is 0.336 e. The van der Waals surface area contributed by atoms with Gasteiger partial charge in [-0.3, -0.25) is 14.7 Å². The number of carbonyl (C=O) groups excluding carboxylic acids is 2. The van der Waals surface area contributed by atoms with Crippen LogP contribution in [0.5, 0.6) is 0 Å². The highest BCUT2D eigenvalue weighted by Gasteiger charge is 2.56. The number of urea groups is 1. The number of benzene rings is 2. The number of anilines is 1. The van der Waals surface area contributed by atoms with Gasteiger partial charge >= 0.3 is 12.0 Å². The molecule has 2 aromatic carbocycles. The quantitative estimate of drug-likeness (QED) is 0.238. The summed E-state index contributed by atoms with van der Waals surface area (Å²) in [4.78, 5) is 50.0. The molecule has 2 aliphatic rings. The lowest BCUT2D eigenvalue weighted by Crippen LogP contribution is -2.42. The van der Waals surface area contributed by atoms with E-state index in [2.05, 4.69) is 30.9 Å². The molecule has 2 fully saturated rings. The molecule has 6 rings (SSSR count). The first-order valence-electron chi connectivity index (χ1n) is 13.4. The first-order valence-corrected chi connectivity index (χ1v) is 13.4. The Bertz CT molecular complexity index is 1680. The normalized spacial score (nSPS) is 22.7. The maximum absolute atomic E-state index is 14.5. The van der Waals surface area contributed by atoms with Gasteiger partial charge in [-0.05, 0) is 19.1 Å². The van der Waals surface area contributed by atoms with E-state index in [1.54, 1.807) is 11.5 Å². The second-order valence-electron chi connectivity index (χ2n) is 9.71. The van der Waals surface area contributed by atoms with Crippen molar-refractivity contribution < 1.29 is 38.1 Å². The molecule has 3 amide bonds. The van der Waals surface area contributed by atoms with Crippen molar-refractivity contribution in [1.82, 2.24) is 30.2 Å². The number of carboxylic acid groups (broad SMARTS) is 1. The van der Waals surface area contributed by atoms with Crippen LogP contribution in [0.3, 0.4) is 0 Å². The number of fused-ring (bicyclic) bond motifs is 2. The summed E-state index contributed by atoms with van der Waals surface area (Å²) < 4.78 is 34.7. The number of aromatic nitrogens is 4. The molecule has 4 N–H and O–H groups in total. The number of nitrogens with one attached hydrogen (secondary N) is 3. The van der Waals surface area contributed by atoms with Crippen molar-refractivity contribution in [3.63, 3.8) is 0 Å². The Hall–Kier alpha value is -4.99. The predicted molar refractivity (Wildman–Crippen MR) is 146 cm³/mol. The zero-order valence-corrected chi connectivity index (χ0v) is 22.6. The van der Waals surface area contributed by atoms with Crippen LogP contribution in [0.15, 0.2) is 61.2 Å². The molecule has 0 spiro atoms. The largest absolute Gasteiger partial charge is 0.478 e. The molecule has 0 saturated carbocycles. The summed E-state index contributed by atoms with van der Waals surface area (Å²) in [5.41, 5.74) is 0.856. The Balaban J connectivity index is 1.30. The lowest BCUT2D eigenvalue weighted by molar-refractivity contribution is -0.161. The highest BCUT2D eigenvalue weighted by molar-refractivity contribution is 5.95. The van der Waals surface area contributed by atoms with Crippen molar-refractivity contribution in [1.29, 1.82) is 0 Å². The third kappa shape index (κ3) is 5.36. The number of carboxylic acids is 1. The van der Waals surface area contributed by atoms with E-state index in [9.17, 15) is 23.9 Å². The minimum atomic E-state index is -1.32. The lowest BCUT2D eigenvalue weighted by atomic mass is 10.1. The molecule has 0 aliphatic carbocycles. The van der Waals surface area contributed by atoms with E-state index in [0.29, 0.717) is 12.2 Å². The zero-order chi connectivity index (χ0) is 30.1. The summed E-state index contributed by atoms with van der Waals surface area (Å²) in [5, 5.41) is 17.3. The maximum atomic E-state index is 14.5. The molecule has 222 valence electrons. The average Bonchev–Trinajstić information content (AvgIpc) is 3.71. The van der Waals surface area contributed by atoms with E-state index < -0.39 is 61.1 Å². The number of aromatic carboxylic acids is 1. The van der Waals surface area contributed by atoms with Crippen molar-refractivity contribution in [3.05, 3.63) is 83.7 Å². The van der Waals surface area contributed by atoms with Gasteiger partial charge < -0.3 is 30.0 Å². The summed E-state index contributed by atoms with van der Waals surface area (Å²) >= 11 is 0. The van der Waals surface area contributed by atoms with Crippen LogP contribution >= 0.6 is 0 Å². The third-order valence-corrected chi connectivity index (χ3v) is 7.07. The first kappa shape index (κ1) is 28.1. The Morgan fingerprint density at radius 3 is 2.53 bits per heavy atom. The van der Waals surface area contributed by atoms with Gasteiger partial charge in [-0.15, -0.1) is 0 Å². The van der Waals surface area contributed by atoms with Gasteiger partial charge in [0.1, 0.15) is 24.4 Å². The fraction of sp³-hybridized carbons (Fsp3) is 0.286. The summed E-state index contributed by atoms with van der Waals surface area (Å²) in [6.07, 6.45) is -2.01. The highest BCUT2D eigenvalue weighted by Crippen LogP contribution is 2.45. The van der Waals surface area contributed by atoms with E-state index in [1.165, 1.54) is 24.8 Å². The molecule has 2 saturated heterocycles. The predicted octanol–water partition coefficient (Wildman–Crippen LogP) is 2.50. The van der Waals surface area contributed by atoms with Gasteiger partial charge in [0.15, 0.2) is 35.6 Å². The van der Waals surface area contributed by atoms with Crippen molar-refractivity contribution in [3.8, 4) is 0 Å². The molecule has 43 heavy (non-hydrogen) atoms. The number of halogens is 1. The fourth-order valence-corrected chi connectivity index (χ4v) is 5.11. The second-order valence-corrected chi connectivity index (χ2v) is 9.71. The minimum Gasteiger partial charge on any atom is -0.478 e. The molecule has 0 radical (unpaired) electrons. The van der Waals surface area contributed by atoms with Crippen molar-refractivity contribution in [2.45, 2.75) is 44.3 Å². The summed E-state index contributed by atoms with van der Waals surface area (Å²) in [6.45, 7) is 1.79.